The summed E-state index contributed by atoms with van der Waals surface area (Å²) in [6.45, 7) is 1.05. The summed E-state index contributed by atoms with van der Waals surface area (Å²) in [4.78, 5) is 36.3. The van der Waals surface area contributed by atoms with E-state index in [0.29, 0.717) is 16.6 Å². The minimum atomic E-state index is -4.46. The second-order valence-corrected chi connectivity index (χ2v) is 10.6. The van der Waals surface area contributed by atoms with E-state index in [1.807, 2.05) is 0 Å². The van der Waals surface area contributed by atoms with Gasteiger partial charge in [-0.05, 0) is 43.4 Å². The van der Waals surface area contributed by atoms with Crippen LogP contribution >= 0.6 is 0 Å². The molecule has 0 radical (unpaired) electrons. The molecule has 1 aliphatic carbocycles. The highest BCUT2D eigenvalue weighted by molar-refractivity contribution is 5.90. The first-order valence-corrected chi connectivity index (χ1v) is 13.5. The largest absolute Gasteiger partial charge is 0.390 e. The lowest BCUT2D eigenvalue weighted by molar-refractivity contribution is -0.144. The smallest absolute Gasteiger partial charge is 0.350 e. The van der Waals surface area contributed by atoms with E-state index in [9.17, 15) is 44.7 Å². The molecule has 2 atom stereocenters. The fourth-order valence-electron chi connectivity index (χ4n) is 4.87. The number of carbonyl (C=O) groups is 2. The fraction of sp³-hybridized carbons (Fsp3) is 0.577. The average molecular weight is 624 g/mol. The van der Waals surface area contributed by atoms with Crippen LogP contribution in [0.15, 0.2) is 24.5 Å². The van der Waals surface area contributed by atoms with Gasteiger partial charge < -0.3 is 15.6 Å². The van der Waals surface area contributed by atoms with Gasteiger partial charge in [-0.25, -0.2) is 18.7 Å². The molecule has 17 heteroatoms. The van der Waals surface area contributed by atoms with E-state index in [-0.39, 0.29) is 18.7 Å². The summed E-state index contributed by atoms with van der Waals surface area (Å²) in [7, 11) is 0. The molecule has 1 aromatic carbocycles. The number of nitrogens with zero attached hydrogens (tertiary/aromatic N) is 4. The highest BCUT2D eigenvalue weighted by Crippen LogP contribution is 2.41. The van der Waals surface area contributed by atoms with Gasteiger partial charge in [-0.2, -0.15) is 26.3 Å². The number of carbonyl (C=O) groups excluding carboxylic acids is 2. The van der Waals surface area contributed by atoms with Gasteiger partial charge >= 0.3 is 12.4 Å². The Morgan fingerprint density at radius 2 is 1.74 bits per heavy atom. The molecule has 3 N–H and O–H groups in total. The maximum absolute atomic E-state index is 13.9. The van der Waals surface area contributed by atoms with Crippen molar-refractivity contribution in [2.24, 2.45) is 5.92 Å². The zero-order chi connectivity index (χ0) is 31.6. The van der Waals surface area contributed by atoms with E-state index < -0.39 is 92.6 Å². The molecule has 2 heterocycles. The summed E-state index contributed by atoms with van der Waals surface area (Å²) in [5.41, 5.74) is 1.44. The van der Waals surface area contributed by atoms with Crippen molar-refractivity contribution >= 4 is 22.8 Å². The second kappa shape index (κ2) is 12.4. The van der Waals surface area contributed by atoms with Crippen molar-refractivity contribution < 1.29 is 44.7 Å². The van der Waals surface area contributed by atoms with E-state index in [1.54, 1.807) is 25.1 Å². The average Bonchev–Trinajstić information content (AvgIpc) is 3.55. The number of hydrogen-bond acceptors (Lipinski definition) is 5. The standard InChI is InChI=1S/C26H29F8N7O2/c1-14(36-19(42)6-9-25(29,30)31)16-2-3-17-18(12-16)38-21(37-17)20(15-4-7-24(27,28)8-5-15)39-23(43)22-35-13-41(40-22)11-10-26(32,33)34/h2-3,12-15,20H,4-11H2,1H3,(H,36,42)(H,37,38)(H,39,43)/t14-,20+/m1/s1. The lowest BCUT2D eigenvalue weighted by Gasteiger charge is -2.33. The first kappa shape index (κ1) is 32.1. The number of aromatic nitrogens is 5. The summed E-state index contributed by atoms with van der Waals surface area (Å²) in [5.74, 6) is -5.10. The molecule has 0 aliphatic heterocycles. The zero-order valence-electron chi connectivity index (χ0n) is 22.8. The molecule has 0 spiro atoms. The van der Waals surface area contributed by atoms with E-state index >= 15 is 0 Å². The molecule has 0 bridgehead atoms. The van der Waals surface area contributed by atoms with E-state index in [0.717, 1.165) is 11.0 Å². The highest BCUT2D eigenvalue weighted by atomic mass is 19.4. The Bertz CT molecular complexity index is 1420. The quantitative estimate of drug-likeness (QED) is 0.242. The number of fused-ring (bicyclic) bond motifs is 1. The molecule has 43 heavy (non-hydrogen) atoms. The van der Waals surface area contributed by atoms with Crippen LogP contribution in [0, 0.1) is 5.92 Å². The minimum Gasteiger partial charge on any atom is -0.350 e. The third-order valence-corrected chi connectivity index (χ3v) is 7.22. The van der Waals surface area contributed by atoms with Crippen molar-refractivity contribution in [1.29, 1.82) is 0 Å². The van der Waals surface area contributed by atoms with Crippen LogP contribution in [-0.2, 0) is 11.3 Å². The Balaban J connectivity index is 1.53. The molecular weight excluding hydrogens is 594 g/mol. The number of halogens is 8. The number of hydrogen-bond donors (Lipinski definition) is 3. The third kappa shape index (κ3) is 9.10. The van der Waals surface area contributed by atoms with Gasteiger partial charge in [0.2, 0.25) is 17.7 Å². The molecule has 1 aliphatic rings. The number of benzene rings is 1. The molecule has 9 nitrogen and oxygen atoms in total. The van der Waals surface area contributed by atoms with Gasteiger partial charge in [0.05, 0.1) is 42.5 Å². The van der Waals surface area contributed by atoms with Crippen molar-refractivity contribution in [2.75, 3.05) is 0 Å². The zero-order valence-corrected chi connectivity index (χ0v) is 22.8. The van der Waals surface area contributed by atoms with Gasteiger partial charge in [0, 0.05) is 19.3 Å². The van der Waals surface area contributed by atoms with Crippen LogP contribution in [0.2, 0.25) is 0 Å². The number of nitrogens with one attached hydrogen (secondary N) is 3. The SMILES string of the molecule is C[C@@H](NC(=O)CCC(F)(F)F)c1ccc2nc([C@@H](NC(=O)c3ncn(CCC(F)(F)F)n3)C3CCC(F)(F)CC3)[nH]c2c1. The minimum absolute atomic E-state index is 0.0503. The van der Waals surface area contributed by atoms with Gasteiger partial charge in [0.15, 0.2) is 0 Å². The van der Waals surface area contributed by atoms with E-state index in [2.05, 4.69) is 30.7 Å². The number of amides is 2. The Labute approximate surface area is 239 Å². The maximum Gasteiger partial charge on any atom is 0.390 e. The van der Waals surface area contributed by atoms with E-state index in [4.69, 9.17) is 0 Å². The normalized spacial score (nSPS) is 17.5. The summed E-state index contributed by atoms with van der Waals surface area (Å²) in [5, 5.41) is 9.00. The Kier molecular flexibility index (Phi) is 9.30. The Hall–Kier alpha value is -3.79. The third-order valence-electron chi connectivity index (χ3n) is 7.22. The van der Waals surface area contributed by atoms with Crippen molar-refractivity contribution in [3.63, 3.8) is 0 Å². The van der Waals surface area contributed by atoms with Crippen LogP contribution < -0.4 is 10.6 Å². The number of rotatable bonds is 10. The van der Waals surface area contributed by atoms with Gasteiger partial charge in [-0.3, -0.25) is 14.3 Å². The van der Waals surface area contributed by atoms with Crippen LogP contribution in [0.5, 0.6) is 0 Å². The van der Waals surface area contributed by atoms with Gasteiger partial charge in [-0.15, -0.1) is 5.10 Å². The molecule has 236 valence electrons. The topological polar surface area (TPSA) is 118 Å². The van der Waals surface area contributed by atoms with Crippen LogP contribution in [0.1, 0.15) is 86.0 Å². The van der Waals surface area contributed by atoms with Crippen molar-refractivity contribution in [3.05, 3.63) is 41.7 Å². The van der Waals surface area contributed by atoms with Crippen LogP contribution in [-0.4, -0.2) is 54.8 Å². The van der Waals surface area contributed by atoms with E-state index in [1.165, 1.54) is 0 Å². The van der Waals surface area contributed by atoms with Gasteiger partial charge in [-0.1, -0.05) is 6.07 Å². The molecule has 0 saturated heterocycles. The number of aryl methyl sites for hydroxylation is 1. The number of imidazole rings is 1. The maximum atomic E-state index is 13.9. The molecule has 2 aromatic heterocycles. The summed E-state index contributed by atoms with van der Waals surface area (Å²) in [6, 6.07) is 3.29. The monoisotopic (exact) mass is 623 g/mol. The number of H-pyrrole nitrogens is 1. The van der Waals surface area contributed by atoms with Crippen molar-refractivity contribution in [2.45, 2.75) is 88.8 Å². The van der Waals surface area contributed by atoms with Crippen LogP contribution in [0.25, 0.3) is 11.0 Å². The molecule has 4 rings (SSSR count). The molecular formula is C26H29F8N7O2. The molecule has 2 amide bonds. The number of aromatic amines is 1. The predicted octanol–water partition coefficient (Wildman–Crippen LogP) is 5.92. The lowest BCUT2D eigenvalue weighted by atomic mass is 9.81. The molecule has 1 fully saturated rings. The first-order valence-electron chi connectivity index (χ1n) is 13.5. The second-order valence-electron chi connectivity index (χ2n) is 10.6. The highest BCUT2D eigenvalue weighted by Gasteiger charge is 2.40. The fourth-order valence-corrected chi connectivity index (χ4v) is 4.87. The van der Waals surface area contributed by atoms with Crippen LogP contribution in [0.4, 0.5) is 35.1 Å². The molecule has 1 saturated carbocycles. The predicted molar refractivity (Wildman–Crippen MR) is 136 cm³/mol. The van der Waals surface area contributed by atoms with Crippen molar-refractivity contribution in [3.8, 4) is 0 Å². The molecule has 0 unspecified atom stereocenters. The van der Waals surface area contributed by atoms with Crippen LogP contribution in [0.3, 0.4) is 0 Å². The summed E-state index contributed by atoms with van der Waals surface area (Å²) >= 11 is 0. The Morgan fingerprint density at radius 1 is 1.07 bits per heavy atom. The lowest BCUT2D eigenvalue weighted by Crippen LogP contribution is -2.38. The first-order chi connectivity index (χ1) is 20.0. The Morgan fingerprint density at radius 3 is 2.40 bits per heavy atom. The van der Waals surface area contributed by atoms with Gasteiger partial charge in [0.25, 0.3) is 5.91 Å². The summed E-state index contributed by atoms with van der Waals surface area (Å²) < 4.78 is 104. The molecule has 3 aromatic rings. The number of alkyl halides is 8. The van der Waals surface area contributed by atoms with Crippen molar-refractivity contribution in [1.82, 2.24) is 35.4 Å². The van der Waals surface area contributed by atoms with Gasteiger partial charge in [0.1, 0.15) is 12.2 Å². The summed E-state index contributed by atoms with van der Waals surface area (Å²) in [6.07, 6.45) is -11.8.